The predicted octanol–water partition coefficient (Wildman–Crippen LogP) is 2.07. The van der Waals surface area contributed by atoms with Gasteiger partial charge in [0.05, 0.1) is 6.61 Å². The molecule has 1 saturated heterocycles. The van der Waals surface area contributed by atoms with Crippen LogP contribution in [0.1, 0.15) is 5.56 Å². The number of carbonyl (C=O) groups excluding carboxylic acids is 1. The van der Waals surface area contributed by atoms with Gasteiger partial charge in [0, 0.05) is 5.69 Å². The molecule has 0 aliphatic carbocycles. The lowest BCUT2D eigenvalue weighted by Crippen LogP contribution is -2.69. The van der Waals surface area contributed by atoms with Gasteiger partial charge in [0.25, 0.3) is 5.91 Å². The maximum Gasteiger partial charge on any atom is 0.330 e. The highest BCUT2D eigenvalue weighted by Crippen LogP contribution is 2.30. The van der Waals surface area contributed by atoms with Gasteiger partial charge in [-0.15, -0.1) is 0 Å². The Hall–Kier alpha value is -2.66. The van der Waals surface area contributed by atoms with Crippen LogP contribution in [0.5, 0.6) is 0 Å². The first kappa shape index (κ1) is 14.3. The third-order valence-electron chi connectivity index (χ3n) is 3.61. The second kappa shape index (κ2) is 5.99. The minimum Gasteiger partial charge on any atom is -0.480 e. The topological polar surface area (TPSA) is 66.8 Å². The quantitative estimate of drug-likeness (QED) is 0.858. The van der Waals surface area contributed by atoms with E-state index >= 15 is 0 Å². The van der Waals surface area contributed by atoms with E-state index in [4.69, 9.17) is 4.74 Å². The average Bonchev–Trinajstić information content (AvgIpc) is 2.54. The molecule has 0 unspecified atom stereocenters. The highest BCUT2D eigenvalue weighted by Gasteiger charge is 2.53. The molecule has 1 heterocycles. The second-order valence-electron chi connectivity index (χ2n) is 5.04. The molecule has 0 spiro atoms. The number of ether oxygens (including phenoxy) is 1. The van der Waals surface area contributed by atoms with Crippen molar-refractivity contribution < 1.29 is 19.4 Å². The van der Waals surface area contributed by atoms with Crippen molar-refractivity contribution in [3.63, 3.8) is 0 Å². The number of anilines is 1. The van der Waals surface area contributed by atoms with Crippen LogP contribution >= 0.6 is 0 Å². The fraction of sp³-hybridized carbons (Fsp3) is 0.176. The fourth-order valence-corrected chi connectivity index (χ4v) is 2.50. The van der Waals surface area contributed by atoms with Crippen molar-refractivity contribution in [3.05, 3.63) is 66.2 Å². The molecule has 22 heavy (non-hydrogen) atoms. The summed E-state index contributed by atoms with van der Waals surface area (Å²) in [5, 5.41) is 9.38. The van der Waals surface area contributed by atoms with Gasteiger partial charge in [-0.05, 0) is 17.7 Å². The van der Waals surface area contributed by atoms with E-state index in [0.717, 1.165) is 5.56 Å². The summed E-state index contributed by atoms with van der Waals surface area (Å²) in [5.74, 6) is -1.39. The number of para-hydroxylation sites is 1. The Bertz CT molecular complexity index is 672. The third-order valence-corrected chi connectivity index (χ3v) is 3.61. The number of hydrogen-bond donors (Lipinski definition) is 1. The van der Waals surface area contributed by atoms with E-state index in [2.05, 4.69) is 0 Å². The van der Waals surface area contributed by atoms with E-state index in [1.165, 1.54) is 4.90 Å². The van der Waals surface area contributed by atoms with Crippen molar-refractivity contribution in [2.75, 3.05) is 4.90 Å². The van der Waals surface area contributed by atoms with E-state index in [1.807, 2.05) is 36.4 Å². The van der Waals surface area contributed by atoms with Crippen LogP contribution in [0.2, 0.25) is 0 Å². The standard InChI is InChI=1S/C17H15NO4/c19-16-15(22-11-12-7-3-1-4-8-12)14(17(20)21)18(16)13-9-5-2-6-10-13/h1-10,14-15H,11H2,(H,20,21)/t14-,15+/m0/s1. The van der Waals surface area contributed by atoms with Crippen LogP contribution in [0.15, 0.2) is 60.7 Å². The van der Waals surface area contributed by atoms with E-state index in [0.29, 0.717) is 5.69 Å². The Labute approximate surface area is 127 Å². The maximum absolute atomic E-state index is 12.2. The van der Waals surface area contributed by atoms with Gasteiger partial charge in [-0.2, -0.15) is 0 Å². The lowest BCUT2D eigenvalue weighted by molar-refractivity contribution is -0.158. The van der Waals surface area contributed by atoms with Crippen LogP contribution in [0.25, 0.3) is 0 Å². The number of aliphatic carboxylic acids is 1. The van der Waals surface area contributed by atoms with Gasteiger partial charge in [0.15, 0.2) is 12.1 Å². The number of rotatable bonds is 5. The van der Waals surface area contributed by atoms with Crippen molar-refractivity contribution in [1.29, 1.82) is 0 Å². The predicted molar refractivity (Wildman–Crippen MR) is 80.4 cm³/mol. The first-order valence-corrected chi connectivity index (χ1v) is 6.95. The van der Waals surface area contributed by atoms with E-state index < -0.39 is 18.1 Å². The summed E-state index contributed by atoms with van der Waals surface area (Å²) in [7, 11) is 0. The number of benzene rings is 2. The summed E-state index contributed by atoms with van der Waals surface area (Å²) in [6.45, 7) is 0.212. The minimum atomic E-state index is -1.07. The minimum absolute atomic E-state index is 0.212. The van der Waals surface area contributed by atoms with E-state index in [9.17, 15) is 14.7 Å². The molecule has 1 N–H and O–H groups in total. The highest BCUT2D eigenvalue weighted by molar-refractivity contribution is 6.12. The maximum atomic E-state index is 12.2. The number of nitrogens with zero attached hydrogens (tertiary/aromatic N) is 1. The summed E-state index contributed by atoms with van der Waals surface area (Å²) < 4.78 is 5.53. The molecule has 0 saturated carbocycles. The molecule has 5 nitrogen and oxygen atoms in total. The first-order chi connectivity index (χ1) is 10.7. The van der Waals surface area contributed by atoms with Crippen molar-refractivity contribution >= 4 is 17.6 Å². The van der Waals surface area contributed by atoms with Gasteiger partial charge in [-0.1, -0.05) is 48.5 Å². The number of hydrogen-bond acceptors (Lipinski definition) is 3. The molecular formula is C17H15NO4. The molecule has 1 fully saturated rings. The molecule has 112 valence electrons. The van der Waals surface area contributed by atoms with Gasteiger partial charge >= 0.3 is 5.97 Å². The van der Waals surface area contributed by atoms with Crippen molar-refractivity contribution in [2.45, 2.75) is 18.8 Å². The van der Waals surface area contributed by atoms with Crippen LogP contribution in [-0.4, -0.2) is 29.1 Å². The zero-order valence-corrected chi connectivity index (χ0v) is 11.8. The zero-order chi connectivity index (χ0) is 15.5. The normalized spacial score (nSPS) is 20.5. The molecule has 2 aromatic carbocycles. The Kier molecular flexibility index (Phi) is 3.89. The zero-order valence-electron chi connectivity index (χ0n) is 11.8. The van der Waals surface area contributed by atoms with Gasteiger partial charge in [-0.25, -0.2) is 4.79 Å². The molecule has 0 aromatic heterocycles. The number of carboxylic acids is 1. The van der Waals surface area contributed by atoms with E-state index in [-0.39, 0.29) is 12.5 Å². The van der Waals surface area contributed by atoms with Crippen molar-refractivity contribution in [2.24, 2.45) is 0 Å². The van der Waals surface area contributed by atoms with Crippen LogP contribution < -0.4 is 4.90 Å². The molecule has 0 radical (unpaired) electrons. The summed E-state index contributed by atoms with van der Waals surface area (Å²) >= 11 is 0. The summed E-state index contributed by atoms with van der Waals surface area (Å²) in [5.41, 5.74) is 1.47. The van der Waals surface area contributed by atoms with Gasteiger partial charge in [-0.3, -0.25) is 9.69 Å². The second-order valence-corrected chi connectivity index (χ2v) is 5.04. The third kappa shape index (κ3) is 2.58. The van der Waals surface area contributed by atoms with Crippen LogP contribution in [0.3, 0.4) is 0 Å². The summed E-state index contributed by atoms with van der Waals surface area (Å²) in [6.07, 6.45) is -0.946. The molecular weight excluding hydrogens is 282 g/mol. The Morgan fingerprint density at radius 2 is 1.64 bits per heavy atom. The van der Waals surface area contributed by atoms with Crippen LogP contribution in [0.4, 0.5) is 5.69 Å². The number of carboxylic acid groups (broad SMARTS) is 1. The van der Waals surface area contributed by atoms with Gasteiger partial charge < -0.3 is 9.84 Å². The average molecular weight is 297 g/mol. The fourth-order valence-electron chi connectivity index (χ4n) is 2.50. The van der Waals surface area contributed by atoms with Gasteiger partial charge in [0.1, 0.15) is 0 Å². The molecule has 0 bridgehead atoms. The monoisotopic (exact) mass is 297 g/mol. The summed E-state index contributed by atoms with van der Waals surface area (Å²) in [4.78, 5) is 25.0. The van der Waals surface area contributed by atoms with Gasteiger partial charge in [0.2, 0.25) is 0 Å². The number of carbonyl (C=O) groups is 2. The molecule has 2 atom stereocenters. The molecule has 1 amide bonds. The lowest BCUT2D eigenvalue weighted by atomic mass is 9.96. The van der Waals surface area contributed by atoms with Crippen molar-refractivity contribution in [3.8, 4) is 0 Å². The smallest absolute Gasteiger partial charge is 0.330 e. The molecule has 3 rings (SSSR count). The lowest BCUT2D eigenvalue weighted by Gasteiger charge is -2.43. The summed E-state index contributed by atoms with van der Waals surface area (Å²) in [6, 6.07) is 17.1. The molecule has 1 aliphatic rings. The number of β-lactam (4-membered cyclic amide) rings is 1. The van der Waals surface area contributed by atoms with E-state index in [1.54, 1.807) is 24.3 Å². The van der Waals surface area contributed by atoms with Crippen LogP contribution in [0, 0.1) is 0 Å². The first-order valence-electron chi connectivity index (χ1n) is 6.95. The largest absolute Gasteiger partial charge is 0.480 e. The molecule has 5 heteroatoms. The van der Waals surface area contributed by atoms with Crippen molar-refractivity contribution in [1.82, 2.24) is 0 Å². The molecule has 1 aliphatic heterocycles. The molecule has 2 aromatic rings. The SMILES string of the molecule is O=C(O)[C@@H]1[C@@H](OCc2ccccc2)C(=O)N1c1ccccc1. The Balaban J connectivity index is 1.73. The Morgan fingerprint density at radius 3 is 2.23 bits per heavy atom. The number of amides is 1. The highest BCUT2D eigenvalue weighted by atomic mass is 16.5. The Morgan fingerprint density at radius 1 is 1.05 bits per heavy atom. The van der Waals surface area contributed by atoms with Crippen LogP contribution in [-0.2, 0) is 20.9 Å².